The minimum absolute atomic E-state index is 0.000134. The quantitative estimate of drug-likeness (QED) is 0.0228. The van der Waals surface area contributed by atoms with E-state index in [0.29, 0.717) is 0 Å². The first-order valence-corrected chi connectivity index (χ1v) is 28.5. The van der Waals surface area contributed by atoms with Crippen LogP contribution in [0.3, 0.4) is 0 Å². The van der Waals surface area contributed by atoms with Crippen LogP contribution in [-0.2, 0) is 75.2 Å². The van der Waals surface area contributed by atoms with Crippen LogP contribution in [0.5, 0.6) is 0 Å². The lowest BCUT2D eigenvalue weighted by Crippen LogP contribution is -2.39. The third-order valence-electron chi connectivity index (χ3n) is 12.3. The fourth-order valence-corrected chi connectivity index (χ4v) is 13.4. The smallest absolute Gasteiger partial charge is 0.490 e. The summed E-state index contributed by atoms with van der Waals surface area (Å²) in [5, 5.41) is 33.1. The Morgan fingerprint density at radius 1 is 0.679 bits per heavy atom. The Balaban J connectivity index is 0.870. The van der Waals surface area contributed by atoms with E-state index in [-0.39, 0.29) is 64.4 Å². The summed E-state index contributed by atoms with van der Waals surface area (Å²) in [6.07, 6.45) is -13.2. The van der Waals surface area contributed by atoms with Gasteiger partial charge in [-0.05, 0) is 6.92 Å². The normalized spacial score (nSPS) is 29.8. The first kappa shape index (κ1) is 57.5. The van der Waals surface area contributed by atoms with E-state index in [1.54, 1.807) is 6.92 Å². The third-order valence-corrected chi connectivity index (χ3v) is 17.6. The minimum Gasteiger partial charge on any atom is -0.756 e. The van der Waals surface area contributed by atoms with E-state index >= 15 is 0 Å². The summed E-state index contributed by atoms with van der Waals surface area (Å²) in [5.74, 6) is -1.72. The van der Waals surface area contributed by atoms with Crippen LogP contribution in [0.1, 0.15) is 25.6 Å². The molecule has 39 nitrogen and oxygen atoms in total. The number of rotatable bonds is 22. The molecule has 6 aromatic heterocycles. The molecule has 43 heteroatoms. The molecule has 0 spiro atoms. The lowest BCUT2D eigenvalue weighted by Gasteiger charge is -2.31. The standard InChI is InChI=1S/C35H49N15O24P4/c1-4-47-12-50(28-19(47)30(55)46-35(38)44-28)31-20(51)13(5-64-2)14(69-31)6-67-76(58,59)73-78(62,63)74-77(60,61)68-8-16-23(24(65-3)33(71-16)48-10-41-17-25(36)39-9-40-26(17)48)72-75(56,57)66-7-15-21(52)22(53)32(70-15)49-11-42-18-27(49)43-34(37)45-29(18)54/h9-16,20-24,31-33,51-53H,4-8H2,1-3H3,(H11-,36,37,38,39,40,43,44,45,46,54,55,56,57,58,59,60,61,62,63)/t13-,14-,15-,16-,20-,21-,22-,23-,24-,31-,32-,33-/m1/s1. The number of hydrogen-bond donors (Lipinski definition) is 11. The molecule has 0 saturated carbocycles. The molecule has 16 atom stereocenters. The fraction of sp³-hybridized carbons (Fsp3) is 0.571. The van der Waals surface area contributed by atoms with E-state index in [9.17, 15) is 62.7 Å². The van der Waals surface area contributed by atoms with Gasteiger partial charge in [0.05, 0.1) is 51.7 Å². The molecule has 78 heavy (non-hydrogen) atoms. The number of aromatic amines is 2. The second-order valence-corrected chi connectivity index (χ2v) is 23.2. The number of anilines is 3. The van der Waals surface area contributed by atoms with Crippen molar-refractivity contribution in [2.45, 2.75) is 81.0 Å². The number of nitrogens with one attached hydrogen (secondary N) is 2. The molecule has 14 N–H and O–H groups in total. The van der Waals surface area contributed by atoms with Gasteiger partial charge in [-0.15, -0.1) is 0 Å². The van der Waals surface area contributed by atoms with Crippen molar-refractivity contribution in [3.05, 3.63) is 46.0 Å². The maximum atomic E-state index is 13.6. The Labute approximate surface area is 434 Å². The number of aryl methyl sites for hydroxylation is 1. The number of aliphatic hydroxyl groups excluding tert-OH is 3. The van der Waals surface area contributed by atoms with Crippen LogP contribution in [0.4, 0.5) is 17.7 Å². The topological polar surface area (TPSA) is 554 Å². The van der Waals surface area contributed by atoms with Gasteiger partial charge in [-0.2, -0.15) is 23.2 Å². The molecule has 3 aliphatic heterocycles. The van der Waals surface area contributed by atoms with E-state index in [1.165, 1.54) is 27.1 Å². The molecule has 428 valence electrons. The van der Waals surface area contributed by atoms with Crippen molar-refractivity contribution in [2.24, 2.45) is 5.92 Å². The Hall–Kier alpha value is -5.15. The second-order valence-electron chi connectivity index (χ2n) is 17.3. The molecule has 3 aliphatic rings. The lowest BCUT2D eigenvalue weighted by molar-refractivity contribution is -0.669. The number of phosphoric acid groups is 4. The molecular formula is C35H49N15O24P4. The van der Waals surface area contributed by atoms with Crippen molar-refractivity contribution in [1.82, 2.24) is 53.6 Å². The maximum absolute atomic E-state index is 13.6. The van der Waals surface area contributed by atoms with E-state index in [0.717, 1.165) is 30.7 Å². The van der Waals surface area contributed by atoms with Crippen molar-refractivity contribution >= 4 is 82.5 Å². The van der Waals surface area contributed by atoms with Crippen LogP contribution in [0.15, 0.2) is 34.9 Å². The van der Waals surface area contributed by atoms with Gasteiger partial charge in [0.15, 0.2) is 35.1 Å². The summed E-state index contributed by atoms with van der Waals surface area (Å²) in [6.45, 7) is -1.56. The number of hydrogen-bond acceptors (Lipinski definition) is 30. The van der Waals surface area contributed by atoms with Gasteiger partial charge in [0.25, 0.3) is 24.5 Å². The zero-order chi connectivity index (χ0) is 56.4. The molecule has 9 heterocycles. The molecule has 3 fully saturated rings. The van der Waals surface area contributed by atoms with Crippen molar-refractivity contribution in [3.63, 3.8) is 0 Å². The van der Waals surface area contributed by atoms with E-state index in [1.807, 2.05) is 0 Å². The Morgan fingerprint density at radius 2 is 1.26 bits per heavy atom. The number of fused-ring (bicyclic) bond motifs is 3. The van der Waals surface area contributed by atoms with Crippen molar-refractivity contribution < 1.29 is 108 Å². The summed E-state index contributed by atoms with van der Waals surface area (Å²) in [7, 11) is -21.3. The number of ether oxygens (including phenoxy) is 5. The SMILES string of the molecule is CC[n+]1cn([C@@H]2O[C@H](COP(=O)(O)OP(=O)(O)OP(=O)(O)OC[C@H]3O[C@@H](n4cnc5c(N)ncnc54)[C@H](OC)[C@@H]3OP(=O)([O-])OC[C@H]3O[C@@H](n4cnc5c(=O)[nH]c(N)nc54)[C@H](O)[C@@H]3O)[C@@H](COC)[C@H]2O)c2nc(N)[nH]c(=O)c21. The number of H-pyrrole nitrogens is 2. The molecule has 0 aromatic carbocycles. The number of nitrogen functional groups attached to an aromatic ring is 3. The molecule has 0 radical (unpaired) electrons. The molecule has 0 amide bonds. The van der Waals surface area contributed by atoms with Crippen LogP contribution in [-0.4, -0.2) is 173 Å². The average molecular weight is 1190 g/mol. The number of nitrogens with zero attached hydrogens (tertiary/aromatic N) is 10. The number of imidazole rings is 3. The summed E-state index contributed by atoms with van der Waals surface area (Å²) >= 11 is 0. The third kappa shape index (κ3) is 11.6. The van der Waals surface area contributed by atoms with E-state index in [2.05, 4.69) is 48.5 Å². The van der Waals surface area contributed by atoms with Crippen LogP contribution in [0, 0.1) is 5.92 Å². The van der Waals surface area contributed by atoms with Crippen molar-refractivity contribution in [1.29, 1.82) is 0 Å². The summed E-state index contributed by atoms with van der Waals surface area (Å²) in [6, 6.07) is 0. The monoisotopic (exact) mass is 1190 g/mol. The largest absolute Gasteiger partial charge is 0.756 e. The highest BCUT2D eigenvalue weighted by Crippen LogP contribution is 2.68. The Bertz CT molecular complexity index is 3530. The van der Waals surface area contributed by atoms with Gasteiger partial charge >= 0.3 is 29.0 Å². The lowest BCUT2D eigenvalue weighted by atomic mass is 9.99. The number of phosphoric ester groups is 3. The number of aliphatic hydroxyl groups is 3. The minimum atomic E-state index is -6.19. The molecule has 0 aliphatic carbocycles. The van der Waals surface area contributed by atoms with Crippen LogP contribution >= 0.6 is 31.3 Å². The van der Waals surface area contributed by atoms with E-state index < -0.39 is 136 Å². The summed E-state index contributed by atoms with van der Waals surface area (Å²) in [4.78, 5) is 99.1. The van der Waals surface area contributed by atoms with Gasteiger partial charge in [-0.25, -0.2) is 38.2 Å². The van der Waals surface area contributed by atoms with Crippen LogP contribution < -0.4 is 37.8 Å². The predicted molar refractivity (Wildman–Crippen MR) is 251 cm³/mol. The molecule has 4 unspecified atom stereocenters. The van der Waals surface area contributed by atoms with Crippen molar-refractivity contribution in [3.8, 4) is 0 Å². The highest BCUT2D eigenvalue weighted by atomic mass is 31.3. The van der Waals surface area contributed by atoms with Gasteiger partial charge in [0.2, 0.25) is 24.5 Å². The number of methoxy groups -OCH3 is 2. The zero-order valence-corrected chi connectivity index (χ0v) is 43.9. The fourth-order valence-electron chi connectivity index (χ4n) is 8.91. The number of aromatic nitrogens is 12. The predicted octanol–water partition coefficient (Wildman–Crippen LogP) is -3.96. The van der Waals surface area contributed by atoms with Gasteiger partial charge in [0.1, 0.15) is 54.6 Å². The molecule has 6 aromatic rings. The summed E-state index contributed by atoms with van der Waals surface area (Å²) in [5.41, 5.74) is 15.8. The van der Waals surface area contributed by atoms with Crippen LogP contribution in [0.2, 0.25) is 0 Å². The first-order chi connectivity index (χ1) is 36.7. The maximum Gasteiger partial charge on any atom is 0.490 e. The van der Waals surface area contributed by atoms with Gasteiger partial charge in [-0.1, -0.05) is 0 Å². The van der Waals surface area contributed by atoms with Crippen LogP contribution in [0.25, 0.3) is 33.5 Å². The second kappa shape index (κ2) is 22.1. The highest BCUT2D eigenvalue weighted by Gasteiger charge is 2.53. The Morgan fingerprint density at radius 3 is 1.91 bits per heavy atom. The zero-order valence-electron chi connectivity index (χ0n) is 40.3. The van der Waals surface area contributed by atoms with E-state index in [4.69, 9.17) is 59.0 Å². The summed E-state index contributed by atoms with van der Waals surface area (Å²) < 4.78 is 115. The Kier molecular flexibility index (Phi) is 16.3. The molecule has 0 bridgehead atoms. The van der Waals surface area contributed by atoms with Gasteiger partial charge in [-0.3, -0.25) is 42.3 Å². The highest BCUT2D eigenvalue weighted by molar-refractivity contribution is 7.66. The molecule has 3 saturated heterocycles. The average Bonchev–Trinajstić information content (AvgIpc) is 4.27. The number of nitrogens with two attached hydrogens (primary N) is 3. The first-order valence-electron chi connectivity index (χ1n) is 22.6. The molecule has 9 rings (SSSR count). The van der Waals surface area contributed by atoms with Crippen molar-refractivity contribution in [2.75, 3.05) is 57.8 Å². The van der Waals surface area contributed by atoms with Gasteiger partial charge in [0, 0.05) is 20.1 Å². The molecular weight excluding hydrogens is 1140 g/mol. The van der Waals surface area contributed by atoms with Gasteiger partial charge < -0.3 is 84.8 Å².